The van der Waals surface area contributed by atoms with Gasteiger partial charge in [0, 0.05) is 5.92 Å². The van der Waals surface area contributed by atoms with Gasteiger partial charge in [0.2, 0.25) is 34.8 Å². The number of alkyl carbamates (subject to hydrolysis) is 1. The summed E-state index contributed by atoms with van der Waals surface area (Å²) < 4.78 is 87.8. The van der Waals surface area contributed by atoms with E-state index in [-0.39, 0.29) is 19.1 Å². The predicted molar refractivity (Wildman–Crippen MR) is 151 cm³/mol. The lowest BCUT2D eigenvalue weighted by atomic mass is 9.98. The van der Waals surface area contributed by atoms with E-state index in [1.54, 1.807) is 30.3 Å². The molecule has 0 fully saturated rings. The number of esters is 1. The molecule has 238 valence electrons. The van der Waals surface area contributed by atoms with E-state index in [4.69, 9.17) is 14.2 Å². The van der Waals surface area contributed by atoms with Crippen molar-refractivity contribution in [1.82, 2.24) is 5.32 Å². The van der Waals surface area contributed by atoms with Crippen LogP contribution in [0.15, 0.2) is 78.9 Å². The summed E-state index contributed by atoms with van der Waals surface area (Å²) in [6.45, 7) is -1.03. The van der Waals surface area contributed by atoms with E-state index in [0.29, 0.717) is 5.56 Å². The molecule has 1 aliphatic carbocycles. The highest BCUT2D eigenvalue weighted by molar-refractivity contribution is 5.79. The van der Waals surface area contributed by atoms with Crippen molar-refractivity contribution in [3.8, 4) is 16.9 Å². The average molecular weight is 642 g/mol. The second-order valence-corrected chi connectivity index (χ2v) is 10.1. The van der Waals surface area contributed by atoms with Gasteiger partial charge < -0.3 is 24.3 Å². The van der Waals surface area contributed by atoms with Gasteiger partial charge in [0.05, 0.1) is 12.5 Å². The minimum Gasteiger partial charge on any atom is -0.461 e. The third-order valence-electron chi connectivity index (χ3n) is 7.08. The molecule has 0 aromatic heterocycles. The Balaban J connectivity index is 1.24. The number of ether oxygens (including phenoxy) is 4. The van der Waals surface area contributed by atoms with Gasteiger partial charge in [-0.1, -0.05) is 78.9 Å². The van der Waals surface area contributed by atoms with Crippen molar-refractivity contribution < 1.29 is 55.3 Å². The summed E-state index contributed by atoms with van der Waals surface area (Å²) in [6.07, 6.45) is -3.44. The zero-order valence-corrected chi connectivity index (χ0v) is 23.7. The molecule has 0 radical (unpaired) electrons. The van der Waals surface area contributed by atoms with Crippen LogP contribution in [0.25, 0.3) is 11.1 Å². The molecule has 13 heteroatoms. The first kappa shape index (κ1) is 31.9. The fraction of sp³-hybridized carbons (Fsp3) is 0.182. The first-order valence-corrected chi connectivity index (χ1v) is 13.8. The fourth-order valence-electron chi connectivity index (χ4n) is 4.91. The fourth-order valence-corrected chi connectivity index (χ4v) is 4.91. The number of halogens is 5. The Labute approximate surface area is 258 Å². The lowest BCUT2D eigenvalue weighted by molar-refractivity contribution is -0.145. The molecule has 1 N–H and O–H groups in total. The van der Waals surface area contributed by atoms with Crippen LogP contribution < -0.4 is 10.1 Å². The number of rotatable bonds is 10. The number of nitrogens with one attached hydrogen (secondary N) is 1. The SMILES string of the molecule is O=C(C[C@@H](COC(=O)Oc1c(F)c(F)c(F)c(F)c1F)NC(=O)OCC1c2ccccc2-c2ccccc21)OCc1ccccc1. The quantitative estimate of drug-likeness (QED) is 0.0500. The van der Waals surface area contributed by atoms with Crippen molar-refractivity contribution in [2.45, 2.75) is 25.0 Å². The van der Waals surface area contributed by atoms with E-state index in [2.05, 4.69) is 10.1 Å². The summed E-state index contributed by atoms with van der Waals surface area (Å²) in [6, 6.07) is 22.6. The van der Waals surface area contributed by atoms with Gasteiger partial charge in [-0.15, -0.1) is 0 Å². The molecule has 1 amide bonds. The minimum atomic E-state index is -2.45. The number of fused-ring (bicyclic) bond motifs is 3. The second kappa shape index (κ2) is 14.1. The molecule has 0 saturated heterocycles. The van der Waals surface area contributed by atoms with Gasteiger partial charge in [0.25, 0.3) is 0 Å². The van der Waals surface area contributed by atoms with Gasteiger partial charge in [-0.3, -0.25) is 4.79 Å². The van der Waals surface area contributed by atoms with E-state index in [1.807, 2.05) is 48.5 Å². The smallest absolute Gasteiger partial charge is 0.461 e. The third kappa shape index (κ3) is 7.09. The lowest BCUT2D eigenvalue weighted by Crippen LogP contribution is -2.41. The number of amides is 1. The largest absolute Gasteiger partial charge is 0.514 e. The highest BCUT2D eigenvalue weighted by atomic mass is 19.2. The topological polar surface area (TPSA) is 100 Å². The van der Waals surface area contributed by atoms with E-state index in [0.717, 1.165) is 22.3 Å². The van der Waals surface area contributed by atoms with Crippen molar-refractivity contribution in [3.05, 3.63) is 125 Å². The molecular formula is C33H24F5NO7. The first-order chi connectivity index (χ1) is 22.1. The summed E-state index contributed by atoms with van der Waals surface area (Å²) in [4.78, 5) is 37.6. The van der Waals surface area contributed by atoms with Crippen LogP contribution >= 0.6 is 0 Å². The Bertz CT molecular complexity index is 1690. The molecule has 0 unspecified atom stereocenters. The molecule has 0 spiro atoms. The highest BCUT2D eigenvalue weighted by Gasteiger charge is 2.31. The summed E-state index contributed by atoms with van der Waals surface area (Å²) in [7, 11) is 0. The van der Waals surface area contributed by atoms with Gasteiger partial charge >= 0.3 is 18.2 Å². The van der Waals surface area contributed by atoms with Crippen LogP contribution in [0.4, 0.5) is 31.5 Å². The van der Waals surface area contributed by atoms with E-state index in [1.165, 1.54) is 0 Å². The maximum Gasteiger partial charge on any atom is 0.514 e. The zero-order chi connectivity index (χ0) is 32.8. The first-order valence-electron chi connectivity index (χ1n) is 13.8. The normalized spacial score (nSPS) is 12.5. The van der Waals surface area contributed by atoms with Crippen LogP contribution in [-0.2, 0) is 25.6 Å². The number of hydrogen-bond donors (Lipinski definition) is 1. The molecule has 8 nitrogen and oxygen atoms in total. The van der Waals surface area contributed by atoms with Gasteiger partial charge in [-0.25, -0.2) is 22.8 Å². The summed E-state index contributed by atoms with van der Waals surface area (Å²) in [5.74, 6) is -14.9. The Morgan fingerprint density at radius 1 is 0.674 bits per heavy atom. The van der Waals surface area contributed by atoms with Crippen molar-refractivity contribution >= 4 is 18.2 Å². The lowest BCUT2D eigenvalue weighted by Gasteiger charge is -2.19. The van der Waals surface area contributed by atoms with Gasteiger partial charge in [0.15, 0.2) is 0 Å². The molecule has 5 rings (SSSR count). The van der Waals surface area contributed by atoms with Crippen LogP contribution in [0.2, 0.25) is 0 Å². The molecule has 46 heavy (non-hydrogen) atoms. The molecule has 4 aromatic carbocycles. The maximum atomic E-state index is 13.9. The van der Waals surface area contributed by atoms with Crippen molar-refractivity contribution in [2.24, 2.45) is 0 Å². The van der Waals surface area contributed by atoms with E-state index in [9.17, 15) is 36.3 Å². The number of benzene rings is 4. The third-order valence-corrected chi connectivity index (χ3v) is 7.08. The molecule has 0 saturated carbocycles. The monoisotopic (exact) mass is 641 g/mol. The maximum absolute atomic E-state index is 13.9. The van der Waals surface area contributed by atoms with E-state index >= 15 is 0 Å². The summed E-state index contributed by atoms with van der Waals surface area (Å²) in [5.41, 5.74) is 4.53. The van der Waals surface area contributed by atoms with Gasteiger partial charge in [0.1, 0.15) is 19.8 Å². The van der Waals surface area contributed by atoms with Gasteiger partial charge in [-0.2, -0.15) is 8.78 Å². The van der Waals surface area contributed by atoms with Crippen molar-refractivity contribution in [3.63, 3.8) is 0 Å². The summed E-state index contributed by atoms with van der Waals surface area (Å²) in [5, 5.41) is 2.37. The summed E-state index contributed by atoms with van der Waals surface area (Å²) >= 11 is 0. The van der Waals surface area contributed by atoms with Crippen LogP contribution in [0.3, 0.4) is 0 Å². The average Bonchev–Trinajstić information content (AvgIpc) is 3.39. The van der Waals surface area contributed by atoms with Crippen LogP contribution in [0.5, 0.6) is 5.75 Å². The number of carbonyl (C=O) groups excluding carboxylic acids is 3. The van der Waals surface area contributed by atoms with Crippen LogP contribution in [0, 0.1) is 29.1 Å². The standard InChI is InChI=1S/C33H24F5NO7/c34-26-27(35)29(37)31(30(38)28(26)36)46-33(42)45-16-19(14-25(40)43-15-18-8-2-1-3-9-18)39-32(41)44-17-24-22-12-6-4-10-20(22)21-11-5-7-13-23(21)24/h1-13,19,24H,14-17H2,(H,39,41)/t19-/m0/s1. The molecule has 0 heterocycles. The Kier molecular flexibility index (Phi) is 9.79. The van der Waals surface area contributed by atoms with Crippen molar-refractivity contribution in [2.75, 3.05) is 13.2 Å². The Morgan fingerprint density at radius 2 is 1.22 bits per heavy atom. The van der Waals surface area contributed by atoms with E-state index < -0.39 is 72.1 Å². The Morgan fingerprint density at radius 3 is 1.83 bits per heavy atom. The number of hydrogen-bond acceptors (Lipinski definition) is 7. The molecule has 4 aromatic rings. The van der Waals surface area contributed by atoms with Crippen molar-refractivity contribution in [1.29, 1.82) is 0 Å². The molecule has 1 atom stereocenters. The predicted octanol–water partition coefficient (Wildman–Crippen LogP) is 6.94. The molecule has 1 aliphatic rings. The van der Waals surface area contributed by atoms with Crippen LogP contribution in [0.1, 0.15) is 29.0 Å². The number of carbonyl (C=O) groups is 3. The molecule has 0 aliphatic heterocycles. The zero-order valence-electron chi connectivity index (χ0n) is 23.7. The minimum absolute atomic E-state index is 0.0891. The highest BCUT2D eigenvalue weighted by Crippen LogP contribution is 2.44. The Hall–Kier alpha value is -5.46. The van der Waals surface area contributed by atoms with Gasteiger partial charge in [-0.05, 0) is 27.8 Å². The van der Waals surface area contributed by atoms with Crippen LogP contribution in [-0.4, -0.2) is 37.5 Å². The second-order valence-electron chi connectivity index (χ2n) is 10.1. The molecular weight excluding hydrogens is 617 g/mol. The molecule has 0 bridgehead atoms.